The first kappa shape index (κ1) is 19.3. The quantitative estimate of drug-likeness (QED) is 0.269. The minimum absolute atomic E-state index is 0.132. The average Bonchev–Trinajstić information content (AvgIpc) is 2.52. The SMILES string of the molecule is CN=C(N)C(C(=O)OCC(=O)c1c(F)cccc1F)=C(N)C(C)C. The molecule has 0 unspecified atom stereocenters. The Morgan fingerprint density at radius 1 is 1.21 bits per heavy atom. The molecule has 1 rings (SSSR count). The van der Waals surface area contributed by atoms with Gasteiger partial charge in [0.15, 0.2) is 6.61 Å². The van der Waals surface area contributed by atoms with Crippen LogP contribution in [0.4, 0.5) is 8.78 Å². The number of carbonyl (C=O) groups excluding carboxylic acids is 2. The summed E-state index contributed by atoms with van der Waals surface area (Å²) in [5.74, 6) is -4.47. The highest BCUT2D eigenvalue weighted by Crippen LogP contribution is 2.15. The maximum absolute atomic E-state index is 13.5. The molecular weight excluding hydrogens is 320 g/mol. The second kappa shape index (κ2) is 8.19. The summed E-state index contributed by atoms with van der Waals surface area (Å²) in [6.07, 6.45) is 0. The summed E-state index contributed by atoms with van der Waals surface area (Å²) in [4.78, 5) is 27.7. The molecule has 0 amide bonds. The van der Waals surface area contributed by atoms with E-state index in [0.29, 0.717) is 0 Å². The third-order valence-corrected chi connectivity index (χ3v) is 3.19. The molecule has 6 nitrogen and oxygen atoms in total. The monoisotopic (exact) mass is 339 g/mol. The van der Waals surface area contributed by atoms with Crippen LogP contribution in [0, 0.1) is 17.6 Å². The lowest BCUT2D eigenvalue weighted by Gasteiger charge is -2.13. The number of nitrogens with two attached hydrogens (primary N) is 2. The predicted octanol–water partition coefficient (Wildman–Crippen LogP) is 1.55. The van der Waals surface area contributed by atoms with Gasteiger partial charge in [0.05, 0.1) is 5.56 Å². The number of aliphatic imine (C=N–C) groups is 1. The van der Waals surface area contributed by atoms with Crippen molar-refractivity contribution in [2.75, 3.05) is 13.7 Å². The number of rotatable bonds is 6. The second-order valence-electron chi connectivity index (χ2n) is 5.19. The molecular formula is C16H19F2N3O3. The Balaban J connectivity index is 2.98. The molecule has 4 N–H and O–H groups in total. The lowest BCUT2D eigenvalue weighted by Crippen LogP contribution is -2.29. The molecule has 24 heavy (non-hydrogen) atoms. The van der Waals surface area contributed by atoms with E-state index in [4.69, 9.17) is 16.2 Å². The van der Waals surface area contributed by atoms with Gasteiger partial charge in [0.1, 0.15) is 23.0 Å². The first-order valence-corrected chi connectivity index (χ1v) is 7.07. The number of nitrogens with zero attached hydrogens (tertiary/aromatic N) is 1. The van der Waals surface area contributed by atoms with E-state index in [9.17, 15) is 18.4 Å². The van der Waals surface area contributed by atoms with Gasteiger partial charge in [0, 0.05) is 12.7 Å². The average molecular weight is 339 g/mol. The van der Waals surface area contributed by atoms with Crippen LogP contribution in [0.3, 0.4) is 0 Å². The number of halogens is 2. The van der Waals surface area contributed by atoms with Crippen molar-refractivity contribution in [3.05, 3.63) is 46.7 Å². The third-order valence-electron chi connectivity index (χ3n) is 3.19. The maximum Gasteiger partial charge on any atom is 0.344 e. The molecule has 1 aromatic rings. The Kier molecular flexibility index (Phi) is 6.58. The number of ketones is 1. The van der Waals surface area contributed by atoms with Crippen molar-refractivity contribution in [1.82, 2.24) is 0 Å². The van der Waals surface area contributed by atoms with Crippen molar-refractivity contribution in [2.45, 2.75) is 13.8 Å². The van der Waals surface area contributed by atoms with Crippen molar-refractivity contribution in [1.29, 1.82) is 0 Å². The van der Waals surface area contributed by atoms with Crippen molar-refractivity contribution in [2.24, 2.45) is 22.4 Å². The zero-order valence-corrected chi connectivity index (χ0v) is 13.6. The molecule has 1 aromatic carbocycles. The van der Waals surface area contributed by atoms with Crippen molar-refractivity contribution in [3.63, 3.8) is 0 Å². The van der Waals surface area contributed by atoms with Gasteiger partial charge >= 0.3 is 5.97 Å². The highest BCUT2D eigenvalue weighted by molar-refractivity contribution is 6.19. The molecule has 0 aliphatic rings. The van der Waals surface area contributed by atoms with E-state index in [-0.39, 0.29) is 23.0 Å². The number of carbonyl (C=O) groups is 2. The minimum Gasteiger partial charge on any atom is -0.454 e. The van der Waals surface area contributed by atoms with E-state index >= 15 is 0 Å². The van der Waals surface area contributed by atoms with E-state index in [1.807, 2.05) is 0 Å². The summed E-state index contributed by atoms with van der Waals surface area (Å²) >= 11 is 0. The summed E-state index contributed by atoms with van der Waals surface area (Å²) in [7, 11) is 1.36. The van der Waals surface area contributed by atoms with E-state index in [2.05, 4.69) is 4.99 Å². The van der Waals surface area contributed by atoms with Crippen LogP contribution in [0.2, 0.25) is 0 Å². The van der Waals surface area contributed by atoms with Crippen LogP contribution >= 0.6 is 0 Å². The summed E-state index contributed by atoms with van der Waals surface area (Å²) in [5.41, 5.74) is 10.6. The number of allylic oxidation sites excluding steroid dienone is 1. The summed E-state index contributed by atoms with van der Waals surface area (Å²) in [6, 6.07) is 2.99. The number of amidine groups is 1. The van der Waals surface area contributed by atoms with Crippen molar-refractivity contribution < 1.29 is 23.1 Å². The largest absolute Gasteiger partial charge is 0.454 e. The van der Waals surface area contributed by atoms with Gasteiger partial charge in [-0.2, -0.15) is 0 Å². The Labute approximate surface area is 138 Å². The molecule has 0 bridgehead atoms. The predicted molar refractivity (Wildman–Crippen MR) is 85.2 cm³/mol. The summed E-state index contributed by atoms with van der Waals surface area (Å²) in [5, 5.41) is 0. The van der Waals surface area contributed by atoms with Crippen LogP contribution in [0.5, 0.6) is 0 Å². The Morgan fingerprint density at radius 3 is 2.21 bits per heavy atom. The Morgan fingerprint density at radius 2 is 1.75 bits per heavy atom. The number of ether oxygens (including phenoxy) is 1. The Hall–Kier alpha value is -2.77. The molecule has 0 spiro atoms. The molecule has 0 fully saturated rings. The zero-order chi connectivity index (χ0) is 18.4. The van der Waals surface area contributed by atoms with Gasteiger partial charge in [0.25, 0.3) is 0 Å². The van der Waals surface area contributed by atoms with E-state index in [1.165, 1.54) is 7.05 Å². The number of benzene rings is 1. The standard InChI is InChI=1S/C16H19F2N3O3/c1-8(2)14(19)13(15(20)21-3)16(23)24-7-11(22)12-9(17)5-4-6-10(12)18/h4-6,8H,7,19H2,1-3H3,(H2,20,21). The number of Topliss-reactive ketones (excluding diaryl/α,β-unsaturated/α-hetero) is 1. The maximum atomic E-state index is 13.5. The van der Waals surface area contributed by atoms with Crippen LogP contribution in [0.15, 0.2) is 34.5 Å². The molecule has 0 saturated carbocycles. The lowest BCUT2D eigenvalue weighted by molar-refractivity contribution is -0.137. The zero-order valence-electron chi connectivity index (χ0n) is 13.6. The van der Waals surface area contributed by atoms with E-state index < -0.39 is 35.6 Å². The summed E-state index contributed by atoms with van der Waals surface area (Å²) < 4.78 is 31.9. The number of esters is 1. The van der Waals surface area contributed by atoms with Gasteiger partial charge in [-0.15, -0.1) is 0 Å². The highest BCUT2D eigenvalue weighted by atomic mass is 19.1. The number of hydrogen-bond acceptors (Lipinski definition) is 5. The smallest absolute Gasteiger partial charge is 0.344 e. The van der Waals surface area contributed by atoms with Gasteiger partial charge < -0.3 is 16.2 Å². The summed E-state index contributed by atoms with van der Waals surface area (Å²) in [6.45, 7) is 2.60. The molecule has 8 heteroatoms. The molecule has 0 atom stereocenters. The normalized spacial score (nSPS) is 12.8. The van der Waals surface area contributed by atoms with E-state index in [0.717, 1.165) is 18.2 Å². The topological polar surface area (TPSA) is 108 Å². The van der Waals surface area contributed by atoms with Gasteiger partial charge in [-0.1, -0.05) is 19.9 Å². The first-order chi connectivity index (χ1) is 11.2. The van der Waals surface area contributed by atoms with Gasteiger partial charge in [0.2, 0.25) is 5.78 Å². The fourth-order valence-corrected chi connectivity index (χ4v) is 1.81. The van der Waals surface area contributed by atoms with Crippen LogP contribution in [0.25, 0.3) is 0 Å². The highest BCUT2D eigenvalue weighted by Gasteiger charge is 2.24. The Bertz CT molecular complexity index is 692. The van der Waals surface area contributed by atoms with Crippen LogP contribution in [-0.4, -0.2) is 31.2 Å². The van der Waals surface area contributed by atoms with Crippen LogP contribution < -0.4 is 11.5 Å². The van der Waals surface area contributed by atoms with Gasteiger partial charge in [-0.25, -0.2) is 13.6 Å². The fraction of sp³-hybridized carbons (Fsp3) is 0.312. The lowest BCUT2D eigenvalue weighted by atomic mass is 10.0. The minimum atomic E-state index is -1.04. The number of hydrogen-bond donors (Lipinski definition) is 2. The molecule has 130 valence electrons. The molecule has 0 aliphatic heterocycles. The fourth-order valence-electron chi connectivity index (χ4n) is 1.81. The van der Waals surface area contributed by atoms with Crippen molar-refractivity contribution >= 4 is 17.6 Å². The molecule has 0 heterocycles. The van der Waals surface area contributed by atoms with Crippen molar-refractivity contribution in [3.8, 4) is 0 Å². The van der Waals surface area contributed by atoms with Gasteiger partial charge in [-0.05, 0) is 18.1 Å². The van der Waals surface area contributed by atoms with Gasteiger partial charge in [-0.3, -0.25) is 9.79 Å². The molecule has 0 aromatic heterocycles. The second-order valence-corrected chi connectivity index (χ2v) is 5.19. The van der Waals surface area contributed by atoms with Crippen LogP contribution in [-0.2, 0) is 9.53 Å². The first-order valence-electron chi connectivity index (χ1n) is 7.07. The molecule has 0 aliphatic carbocycles. The third kappa shape index (κ3) is 4.37. The van der Waals surface area contributed by atoms with Crippen LogP contribution in [0.1, 0.15) is 24.2 Å². The van der Waals surface area contributed by atoms with E-state index in [1.54, 1.807) is 13.8 Å². The molecule has 0 saturated heterocycles. The molecule has 0 radical (unpaired) electrons.